The summed E-state index contributed by atoms with van der Waals surface area (Å²) in [5.41, 5.74) is 4.36. The highest BCUT2D eigenvalue weighted by atomic mass is 35.5. The van der Waals surface area contributed by atoms with Gasteiger partial charge in [0.1, 0.15) is 12.7 Å². The van der Waals surface area contributed by atoms with E-state index >= 15 is 0 Å². The van der Waals surface area contributed by atoms with Crippen LogP contribution in [-0.4, -0.2) is 43.0 Å². The quantitative estimate of drug-likeness (QED) is 0.320. The summed E-state index contributed by atoms with van der Waals surface area (Å²) in [5, 5.41) is 11.7. The van der Waals surface area contributed by atoms with Gasteiger partial charge in [0.15, 0.2) is 6.61 Å². The molecule has 0 atom stereocenters. The summed E-state index contributed by atoms with van der Waals surface area (Å²) in [6.07, 6.45) is 5.78. The number of hydrogen-bond donors (Lipinski definition) is 1. The van der Waals surface area contributed by atoms with Crippen molar-refractivity contribution in [2.45, 2.75) is 13.8 Å². The molecule has 0 fully saturated rings. The van der Waals surface area contributed by atoms with E-state index in [4.69, 9.17) is 16.3 Å². The minimum atomic E-state index is -0.649. The van der Waals surface area contributed by atoms with Gasteiger partial charge in [0.2, 0.25) is 0 Å². The maximum Gasteiger partial charge on any atom is 0.331 e. The van der Waals surface area contributed by atoms with Crippen LogP contribution in [0.25, 0.3) is 17.5 Å². The van der Waals surface area contributed by atoms with Crippen LogP contribution in [0.5, 0.6) is 0 Å². The van der Waals surface area contributed by atoms with E-state index in [0.29, 0.717) is 16.4 Å². The first-order chi connectivity index (χ1) is 16.4. The lowest BCUT2D eigenvalue weighted by Crippen LogP contribution is -2.21. The Morgan fingerprint density at radius 3 is 2.68 bits per heavy atom. The average Bonchev–Trinajstić information content (AvgIpc) is 3.45. The standard InChI is InChI=1S/C24H21ClN6O3/c1-16-20(17(2)31(29-16)19-6-4-3-5-7-19)9-11-24(33)34-13-23(32)28-21-12-18(25)8-10-22(21)30-15-26-14-27-30/h3-12,14-15H,13H2,1-2H3,(H,28,32)/b11-9+. The van der Waals surface area contributed by atoms with Crippen LogP contribution in [0, 0.1) is 13.8 Å². The van der Waals surface area contributed by atoms with Gasteiger partial charge >= 0.3 is 5.97 Å². The number of anilines is 1. The fourth-order valence-corrected chi connectivity index (χ4v) is 3.55. The van der Waals surface area contributed by atoms with Gasteiger partial charge in [0.05, 0.1) is 22.8 Å². The van der Waals surface area contributed by atoms with Crippen LogP contribution in [0.15, 0.2) is 67.3 Å². The number of aromatic nitrogens is 5. The summed E-state index contributed by atoms with van der Waals surface area (Å²) >= 11 is 6.06. The number of halogens is 1. The first kappa shape index (κ1) is 22.9. The van der Waals surface area contributed by atoms with Gasteiger partial charge in [-0.2, -0.15) is 10.2 Å². The molecule has 4 rings (SSSR count). The molecule has 4 aromatic rings. The number of para-hydroxylation sites is 1. The number of hydrogen-bond acceptors (Lipinski definition) is 6. The van der Waals surface area contributed by atoms with Crippen LogP contribution >= 0.6 is 11.6 Å². The lowest BCUT2D eigenvalue weighted by atomic mass is 10.2. The molecule has 2 aromatic carbocycles. The predicted octanol–water partition coefficient (Wildman–Crippen LogP) is 3.92. The Hall–Kier alpha value is -4.24. The third-order valence-corrected chi connectivity index (χ3v) is 5.21. The van der Waals surface area contributed by atoms with Crippen molar-refractivity contribution in [3.8, 4) is 11.4 Å². The normalized spacial score (nSPS) is 11.0. The molecule has 0 unspecified atom stereocenters. The molecule has 9 nitrogen and oxygen atoms in total. The Morgan fingerprint density at radius 2 is 1.94 bits per heavy atom. The van der Waals surface area contributed by atoms with E-state index in [1.165, 1.54) is 23.4 Å². The number of amides is 1. The van der Waals surface area contributed by atoms with Gasteiger partial charge < -0.3 is 10.1 Å². The van der Waals surface area contributed by atoms with Crippen molar-refractivity contribution >= 4 is 35.2 Å². The lowest BCUT2D eigenvalue weighted by Gasteiger charge is -2.11. The van der Waals surface area contributed by atoms with E-state index in [2.05, 4.69) is 20.5 Å². The van der Waals surface area contributed by atoms with Crippen LogP contribution in [-0.2, 0) is 14.3 Å². The van der Waals surface area contributed by atoms with Crippen LogP contribution < -0.4 is 5.32 Å². The highest BCUT2D eigenvalue weighted by Crippen LogP contribution is 2.24. The molecular weight excluding hydrogens is 456 g/mol. The Balaban J connectivity index is 1.39. The number of aryl methyl sites for hydroxylation is 1. The topological polar surface area (TPSA) is 104 Å². The molecule has 0 aliphatic rings. The second kappa shape index (κ2) is 10.1. The molecule has 1 N–H and O–H groups in total. The second-order valence-corrected chi connectivity index (χ2v) is 7.76. The summed E-state index contributed by atoms with van der Waals surface area (Å²) in [6, 6.07) is 14.6. The highest BCUT2D eigenvalue weighted by Gasteiger charge is 2.13. The zero-order chi connectivity index (χ0) is 24.1. The van der Waals surface area contributed by atoms with Crippen LogP contribution in [0.3, 0.4) is 0 Å². The fourth-order valence-electron chi connectivity index (χ4n) is 3.38. The highest BCUT2D eigenvalue weighted by molar-refractivity contribution is 6.31. The van der Waals surface area contributed by atoms with Gasteiger partial charge in [-0.05, 0) is 50.3 Å². The summed E-state index contributed by atoms with van der Waals surface area (Å²) in [6.45, 7) is 3.32. The monoisotopic (exact) mass is 476 g/mol. The Labute approximate surface area is 200 Å². The number of ether oxygens (including phenoxy) is 1. The molecular formula is C24H21ClN6O3. The first-order valence-corrected chi connectivity index (χ1v) is 10.7. The van der Waals surface area contributed by atoms with Crippen LogP contribution in [0.1, 0.15) is 17.0 Å². The van der Waals surface area contributed by atoms with Crippen molar-refractivity contribution in [2.24, 2.45) is 0 Å². The van der Waals surface area contributed by atoms with Gasteiger partial charge in [-0.25, -0.2) is 19.1 Å². The Kier molecular flexibility index (Phi) is 6.84. The van der Waals surface area contributed by atoms with Crippen molar-refractivity contribution in [1.29, 1.82) is 0 Å². The summed E-state index contributed by atoms with van der Waals surface area (Å²) in [5.74, 6) is -1.17. The number of carbonyl (C=O) groups is 2. The molecule has 0 bridgehead atoms. The second-order valence-electron chi connectivity index (χ2n) is 7.32. The Morgan fingerprint density at radius 1 is 1.15 bits per heavy atom. The van der Waals surface area contributed by atoms with Crippen molar-refractivity contribution in [2.75, 3.05) is 11.9 Å². The number of nitrogens with zero attached hydrogens (tertiary/aromatic N) is 5. The molecule has 34 heavy (non-hydrogen) atoms. The summed E-state index contributed by atoms with van der Waals surface area (Å²) in [7, 11) is 0. The zero-order valence-corrected chi connectivity index (χ0v) is 19.2. The molecule has 0 radical (unpaired) electrons. The molecule has 0 saturated carbocycles. The van der Waals surface area contributed by atoms with Gasteiger partial charge in [0.25, 0.3) is 5.91 Å². The third-order valence-electron chi connectivity index (χ3n) is 4.98. The van der Waals surface area contributed by atoms with E-state index in [1.54, 1.807) is 24.3 Å². The lowest BCUT2D eigenvalue weighted by molar-refractivity contribution is -0.142. The smallest absolute Gasteiger partial charge is 0.331 e. The van der Waals surface area contributed by atoms with Crippen molar-refractivity contribution in [3.63, 3.8) is 0 Å². The van der Waals surface area contributed by atoms with E-state index in [9.17, 15) is 9.59 Å². The molecule has 10 heteroatoms. The van der Waals surface area contributed by atoms with Gasteiger partial charge in [-0.3, -0.25) is 4.79 Å². The number of carbonyl (C=O) groups excluding carboxylic acids is 2. The number of rotatable bonds is 7. The third kappa shape index (κ3) is 5.21. The molecule has 2 aromatic heterocycles. The van der Waals surface area contributed by atoms with Gasteiger partial charge in [-0.15, -0.1) is 0 Å². The number of nitrogens with one attached hydrogen (secondary N) is 1. The average molecular weight is 477 g/mol. The largest absolute Gasteiger partial charge is 0.452 e. The van der Waals surface area contributed by atoms with Crippen molar-refractivity contribution < 1.29 is 14.3 Å². The molecule has 0 aliphatic heterocycles. The maximum atomic E-state index is 12.4. The van der Waals surface area contributed by atoms with E-state index in [1.807, 2.05) is 48.9 Å². The summed E-state index contributed by atoms with van der Waals surface area (Å²) < 4.78 is 8.40. The van der Waals surface area contributed by atoms with Crippen LogP contribution in [0.2, 0.25) is 5.02 Å². The Bertz CT molecular complexity index is 1350. The predicted molar refractivity (Wildman–Crippen MR) is 128 cm³/mol. The molecule has 1 amide bonds. The molecule has 0 spiro atoms. The SMILES string of the molecule is Cc1nn(-c2ccccc2)c(C)c1/C=C/C(=O)OCC(=O)Nc1cc(Cl)ccc1-n1cncn1. The van der Waals surface area contributed by atoms with E-state index in [0.717, 1.165) is 22.6 Å². The zero-order valence-electron chi connectivity index (χ0n) is 18.5. The van der Waals surface area contributed by atoms with E-state index in [-0.39, 0.29) is 0 Å². The van der Waals surface area contributed by atoms with Crippen molar-refractivity contribution in [1.82, 2.24) is 24.5 Å². The maximum absolute atomic E-state index is 12.4. The molecule has 0 saturated heterocycles. The number of benzene rings is 2. The molecule has 2 heterocycles. The number of esters is 1. The van der Waals surface area contributed by atoms with E-state index < -0.39 is 18.5 Å². The molecule has 0 aliphatic carbocycles. The minimum absolute atomic E-state index is 0.411. The van der Waals surface area contributed by atoms with Gasteiger partial charge in [0, 0.05) is 22.4 Å². The van der Waals surface area contributed by atoms with Crippen LogP contribution in [0.4, 0.5) is 5.69 Å². The van der Waals surface area contributed by atoms with Crippen molar-refractivity contribution in [3.05, 3.63) is 89.2 Å². The molecule has 172 valence electrons. The first-order valence-electron chi connectivity index (χ1n) is 10.3. The van der Waals surface area contributed by atoms with Gasteiger partial charge in [-0.1, -0.05) is 29.8 Å². The fraction of sp³-hybridized carbons (Fsp3) is 0.125. The summed E-state index contributed by atoms with van der Waals surface area (Å²) in [4.78, 5) is 28.5. The minimum Gasteiger partial charge on any atom is -0.452 e.